The molecule has 0 saturated carbocycles. The van der Waals surface area contributed by atoms with Gasteiger partial charge in [-0.25, -0.2) is 0 Å². The summed E-state index contributed by atoms with van der Waals surface area (Å²) in [6.07, 6.45) is 2.09. The number of carbonyl (C=O) groups excluding carboxylic acids is 1. The van der Waals surface area contributed by atoms with Crippen molar-refractivity contribution in [3.8, 4) is 39.6 Å². The molecular formula is C38H32N2O. The van der Waals surface area contributed by atoms with Gasteiger partial charge in [-0.15, -0.1) is 0 Å². The first-order valence-corrected chi connectivity index (χ1v) is 14.2. The molecule has 1 aliphatic carbocycles. The third kappa shape index (κ3) is 4.87. The van der Waals surface area contributed by atoms with Gasteiger partial charge in [0.05, 0.1) is 17.5 Å². The summed E-state index contributed by atoms with van der Waals surface area (Å²) in [6.45, 7) is 5.78. The molecule has 0 radical (unpaired) electrons. The Labute approximate surface area is 242 Å². The Bertz CT molecular complexity index is 1780. The van der Waals surface area contributed by atoms with Crippen molar-refractivity contribution in [3.05, 3.63) is 137 Å². The monoisotopic (exact) mass is 532 g/mol. The second kappa shape index (κ2) is 10.6. The largest absolute Gasteiger partial charge is 0.295 e. The summed E-state index contributed by atoms with van der Waals surface area (Å²) in [5.74, 6) is 0.0435. The number of hydrogen-bond donors (Lipinski definition) is 0. The molecule has 200 valence electrons. The molecule has 0 saturated heterocycles. The van der Waals surface area contributed by atoms with Crippen molar-refractivity contribution >= 4 is 5.78 Å². The van der Waals surface area contributed by atoms with E-state index in [1.54, 1.807) is 6.92 Å². The lowest BCUT2D eigenvalue weighted by molar-refractivity contribution is 0.101. The minimum atomic E-state index is -0.726. The van der Waals surface area contributed by atoms with Gasteiger partial charge in [-0.3, -0.25) is 9.78 Å². The van der Waals surface area contributed by atoms with E-state index in [0.29, 0.717) is 18.4 Å². The van der Waals surface area contributed by atoms with Gasteiger partial charge < -0.3 is 0 Å². The van der Waals surface area contributed by atoms with Gasteiger partial charge in [0, 0.05) is 16.7 Å². The zero-order chi connectivity index (χ0) is 28.6. The molecule has 3 nitrogen and oxygen atoms in total. The number of Topliss-reactive ketones (excluding diaryl/α,β-unsaturated/α-hetero) is 1. The molecule has 6 rings (SSSR count). The number of aryl methyl sites for hydroxylation is 2. The average molecular weight is 533 g/mol. The smallest absolute Gasteiger partial charge is 0.159 e. The zero-order valence-corrected chi connectivity index (χ0v) is 23.7. The molecule has 41 heavy (non-hydrogen) atoms. The highest BCUT2D eigenvalue weighted by Crippen LogP contribution is 2.50. The van der Waals surface area contributed by atoms with Crippen LogP contribution in [-0.4, -0.2) is 10.8 Å². The van der Waals surface area contributed by atoms with E-state index in [9.17, 15) is 10.1 Å². The van der Waals surface area contributed by atoms with Crippen LogP contribution in [0.5, 0.6) is 0 Å². The lowest BCUT2D eigenvalue weighted by Gasteiger charge is -2.25. The summed E-state index contributed by atoms with van der Waals surface area (Å²) >= 11 is 0. The summed E-state index contributed by atoms with van der Waals surface area (Å²) in [5, 5.41) is 10.8. The molecule has 3 heteroatoms. The van der Waals surface area contributed by atoms with Crippen LogP contribution >= 0.6 is 0 Å². The lowest BCUT2D eigenvalue weighted by atomic mass is 9.79. The van der Waals surface area contributed by atoms with Crippen LogP contribution < -0.4 is 0 Å². The maximum absolute atomic E-state index is 12.1. The number of nitriles is 1. The van der Waals surface area contributed by atoms with Gasteiger partial charge in [-0.2, -0.15) is 5.26 Å². The standard InChI is InChI=1S/C38H32N2O/c1-25-9-13-31(14-10-25)35-34(30-19-17-29(18-20-30)27(3)41)33-21-22-38(24-39,23-28-7-5-4-6-8-28)37(33)40-36(35)32-15-11-26(2)12-16-32/h4-20H,21-23H2,1-3H3/t38-/m0/s1. The van der Waals surface area contributed by atoms with Crippen molar-refractivity contribution in [2.24, 2.45) is 0 Å². The topological polar surface area (TPSA) is 53.8 Å². The lowest BCUT2D eigenvalue weighted by Crippen LogP contribution is -2.25. The molecule has 4 aromatic carbocycles. The first-order chi connectivity index (χ1) is 19.9. The minimum absolute atomic E-state index is 0.0435. The Kier molecular flexibility index (Phi) is 6.85. The van der Waals surface area contributed by atoms with Crippen LogP contribution in [-0.2, 0) is 18.3 Å². The first kappa shape index (κ1) is 26.4. The number of carbonyl (C=O) groups is 1. The maximum atomic E-state index is 12.1. The number of fused-ring (bicyclic) bond motifs is 1. The van der Waals surface area contributed by atoms with Crippen molar-refractivity contribution in [2.45, 2.75) is 45.4 Å². The third-order valence-electron chi connectivity index (χ3n) is 8.36. The van der Waals surface area contributed by atoms with Crippen molar-refractivity contribution in [1.82, 2.24) is 4.98 Å². The van der Waals surface area contributed by atoms with Crippen LogP contribution in [0.3, 0.4) is 0 Å². The number of benzene rings is 4. The van der Waals surface area contributed by atoms with E-state index in [4.69, 9.17) is 4.98 Å². The zero-order valence-electron chi connectivity index (χ0n) is 23.7. The quantitative estimate of drug-likeness (QED) is 0.205. The Hall–Kier alpha value is -4.81. The Morgan fingerprint density at radius 1 is 0.780 bits per heavy atom. The molecule has 0 fully saturated rings. The van der Waals surface area contributed by atoms with Crippen LogP contribution in [0, 0.1) is 25.2 Å². The van der Waals surface area contributed by atoms with Crippen molar-refractivity contribution in [1.29, 1.82) is 5.26 Å². The highest BCUT2D eigenvalue weighted by atomic mass is 16.1. The second-order valence-corrected chi connectivity index (χ2v) is 11.3. The molecule has 0 spiro atoms. The predicted octanol–water partition coefficient (Wildman–Crippen LogP) is 8.85. The molecule has 0 amide bonds. The molecule has 0 unspecified atom stereocenters. The highest BCUT2D eigenvalue weighted by molar-refractivity contribution is 5.97. The SMILES string of the molecule is CC(=O)c1ccc(-c2c3c(nc(-c4ccc(C)cc4)c2-c2ccc(C)cc2)[C@](C#N)(Cc2ccccc2)CC3)cc1. The first-order valence-electron chi connectivity index (χ1n) is 14.2. The van der Waals surface area contributed by atoms with Crippen molar-refractivity contribution < 1.29 is 4.79 Å². The van der Waals surface area contributed by atoms with Crippen molar-refractivity contribution in [3.63, 3.8) is 0 Å². The van der Waals surface area contributed by atoms with Crippen LogP contribution in [0.25, 0.3) is 33.5 Å². The highest BCUT2D eigenvalue weighted by Gasteiger charge is 2.43. The predicted molar refractivity (Wildman–Crippen MR) is 166 cm³/mol. The molecule has 1 heterocycles. The van der Waals surface area contributed by atoms with Crippen molar-refractivity contribution in [2.75, 3.05) is 0 Å². The fraction of sp³-hybridized carbons (Fsp3) is 0.184. The number of hydrogen-bond acceptors (Lipinski definition) is 3. The van der Waals surface area contributed by atoms with Gasteiger partial charge in [0.1, 0.15) is 5.41 Å². The van der Waals surface area contributed by atoms with Crippen LogP contribution in [0.1, 0.15) is 51.7 Å². The Balaban J connectivity index is 1.69. The van der Waals surface area contributed by atoms with E-state index in [1.165, 1.54) is 11.1 Å². The van der Waals surface area contributed by atoms with E-state index in [-0.39, 0.29) is 5.78 Å². The minimum Gasteiger partial charge on any atom is -0.295 e. The number of rotatable bonds is 6. The maximum Gasteiger partial charge on any atom is 0.159 e. The number of pyridine rings is 1. The fourth-order valence-electron chi connectivity index (χ4n) is 6.10. The van der Waals surface area contributed by atoms with Gasteiger partial charge in [0.2, 0.25) is 0 Å². The van der Waals surface area contributed by atoms with E-state index < -0.39 is 5.41 Å². The number of aromatic nitrogens is 1. The Morgan fingerprint density at radius 2 is 1.34 bits per heavy atom. The van der Waals surface area contributed by atoms with E-state index >= 15 is 0 Å². The van der Waals surface area contributed by atoms with Gasteiger partial charge >= 0.3 is 0 Å². The summed E-state index contributed by atoms with van der Waals surface area (Å²) < 4.78 is 0. The molecule has 0 aliphatic heterocycles. The molecule has 0 bridgehead atoms. The summed E-state index contributed by atoms with van der Waals surface area (Å²) in [6, 6.07) is 38.0. The van der Waals surface area contributed by atoms with E-state index in [2.05, 4.69) is 80.6 Å². The molecule has 0 N–H and O–H groups in total. The molecule has 1 atom stereocenters. The summed E-state index contributed by atoms with van der Waals surface area (Å²) in [7, 11) is 0. The van der Waals surface area contributed by atoms with E-state index in [0.717, 1.165) is 56.8 Å². The third-order valence-corrected chi connectivity index (χ3v) is 8.36. The number of ketones is 1. The molecule has 5 aromatic rings. The van der Waals surface area contributed by atoms with Gasteiger partial charge in [0.25, 0.3) is 0 Å². The molecular weight excluding hydrogens is 500 g/mol. The fourth-order valence-corrected chi connectivity index (χ4v) is 6.10. The normalized spacial score (nSPS) is 15.8. The number of nitrogens with zero attached hydrogens (tertiary/aromatic N) is 2. The van der Waals surface area contributed by atoms with Crippen LogP contribution in [0.15, 0.2) is 103 Å². The van der Waals surface area contributed by atoms with Crippen LogP contribution in [0.4, 0.5) is 0 Å². The van der Waals surface area contributed by atoms with Gasteiger partial charge in [-0.1, -0.05) is 114 Å². The summed E-state index contributed by atoms with van der Waals surface area (Å²) in [4.78, 5) is 17.5. The summed E-state index contributed by atoms with van der Waals surface area (Å²) in [5.41, 5.74) is 11.7. The van der Waals surface area contributed by atoms with Gasteiger partial charge in [0.15, 0.2) is 5.78 Å². The van der Waals surface area contributed by atoms with Crippen LogP contribution in [0.2, 0.25) is 0 Å². The molecule has 1 aromatic heterocycles. The molecule has 1 aliphatic rings. The van der Waals surface area contributed by atoms with Gasteiger partial charge in [-0.05, 0) is 67.9 Å². The Morgan fingerprint density at radius 3 is 1.93 bits per heavy atom. The second-order valence-electron chi connectivity index (χ2n) is 11.3. The van der Waals surface area contributed by atoms with E-state index in [1.807, 2.05) is 42.5 Å². The average Bonchev–Trinajstić information content (AvgIpc) is 3.35.